The van der Waals surface area contributed by atoms with Crippen molar-refractivity contribution >= 4 is 5.97 Å². The van der Waals surface area contributed by atoms with Gasteiger partial charge in [-0.2, -0.15) is 0 Å². The van der Waals surface area contributed by atoms with Gasteiger partial charge in [0, 0.05) is 12.0 Å². The quantitative estimate of drug-likeness (QED) is 0.590. The molecule has 0 bridgehead atoms. The van der Waals surface area contributed by atoms with E-state index in [1.54, 1.807) is 25.3 Å². The van der Waals surface area contributed by atoms with Crippen LogP contribution in [0.4, 0.5) is 0 Å². The van der Waals surface area contributed by atoms with Gasteiger partial charge in [-0.1, -0.05) is 0 Å². The van der Waals surface area contributed by atoms with E-state index >= 15 is 0 Å². The van der Waals surface area contributed by atoms with E-state index in [4.69, 9.17) is 9.47 Å². The molecule has 0 fully saturated rings. The molecule has 0 spiro atoms. The zero-order valence-corrected chi connectivity index (χ0v) is 10.6. The molecule has 100 valence electrons. The van der Waals surface area contributed by atoms with E-state index in [-0.39, 0.29) is 12.6 Å². The number of methoxy groups -OCH3 is 2. The third-order valence-corrected chi connectivity index (χ3v) is 2.45. The molecule has 0 saturated heterocycles. The lowest BCUT2D eigenvalue weighted by atomic mass is 10.2. The molecule has 0 amide bonds. The topological polar surface area (TPSA) is 65.0 Å². The van der Waals surface area contributed by atoms with Crippen molar-refractivity contribution in [2.45, 2.75) is 19.4 Å². The van der Waals surface area contributed by atoms with Crippen LogP contribution in [-0.2, 0) is 16.1 Å². The third-order valence-electron chi connectivity index (χ3n) is 2.45. The molecule has 1 N–H and O–H groups in total. The van der Waals surface area contributed by atoms with E-state index in [1.165, 1.54) is 7.11 Å². The molecule has 0 heterocycles. The van der Waals surface area contributed by atoms with Crippen LogP contribution in [0.2, 0.25) is 0 Å². The molecule has 0 unspecified atom stereocenters. The molecule has 1 aromatic rings. The van der Waals surface area contributed by atoms with E-state index < -0.39 is 0 Å². The molecule has 0 aliphatic carbocycles. The van der Waals surface area contributed by atoms with E-state index in [2.05, 4.69) is 4.74 Å². The number of hydrogen-bond acceptors (Lipinski definition) is 5. The van der Waals surface area contributed by atoms with Gasteiger partial charge in [0.2, 0.25) is 0 Å². The minimum atomic E-state index is -0.254. The number of aliphatic hydroxyl groups is 1. The highest BCUT2D eigenvalue weighted by molar-refractivity contribution is 5.69. The molecule has 1 rings (SSSR count). The number of ether oxygens (including phenoxy) is 3. The first-order valence-electron chi connectivity index (χ1n) is 5.68. The lowest BCUT2D eigenvalue weighted by Crippen LogP contribution is -2.05. The Morgan fingerprint density at radius 1 is 1.33 bits per heavy atom. The fraction of sp³-hybridized carbons (Fsp3) is 0.462. The van der Waals surface area contributed by atoms with Crippen LogP contribution in [-0.4, -0.2) is 31.9 Å². The van der Waals surface area contributed by atoms with E-state index in [1.807, 2.05) is 0 Å². The van der Waals surface area contributed by atoms with E-state index in [9.17, 15) is 9.90 Å². The second-order valence-electron chi connectivity index (χ2n) is 3.66. The second kappa shape index (κ2) is 7.55. The van der Waals surface area contributed by atoms with Crippen LogP contribution in [0.15, 0.2) is 18.2 Å². The number of aliphatic hydroxyl groups excluding tert-OH is 1. The predicted molar refractivity (Wildman–Crippen MR) is 65.7 cm³/mol. The fourth-order valence-electron chi connectivity index (χ4n) is 1.45. The molecule has 0 aliphatic heterocycles. The summed E-state index contributed by atoms with van der Waals surface area (Å²) in [5.74, 6) is 1.01. The Labute approximate surface area is 106 Å². The summed E-state index contributed by atoms with van der Waals surface area (Å²) in [6.07, 6.45) is 0.894. The third kappa shape index (κ3) is 4.25. The summed E-state index contributed by atoms with van der Waals surface area (Å²) in [6.45, 7) is 0.276. The Hall–Kier alpha value is -1.75. The number of esters is 1. The Balaban J connectivity index is 2.49. The van der Waals surface area contributed by atoms with Gasteiger partial charge in [-0.25, -0.2) is 0 Å². The zero-order chi connectivity index (χ0) is 13.4. The van der Waals surface area contributed by atoms with Crippen LogP contribution in [0.5, 0.6) is 11.5 Å². The van der Waals surface area contributed by atoms with Crippen molar-refractivity contribution in [1.82, 2.24) is 0 Å². The first-order valence-corrected chi connectivity index (χ1v) is 5.68. The highest BCUT2D eigenvalue weighted by atomic mass is 16.5. The number of carbonyl (C=O) groups is 1. The molecule has 0 atom stereocenters. The fourth-order valence-corrected chi connectivity index (χ4v) is 1.45. The molecule has 0 aliphatic rings. The summed E-state index contributed by atoms with van der Waals surface area (Å²) in [5.41, 5.74) is 0.660. The summed E-state index contributed by atoms with van der Waals surface area (Å²) in [7, 11) is 2.92. The van der Waals surface area contributed by atoms with Crippen LogP contribution in [0.1, 0.15) is 18.4 Å². The van der Waals surface area contributed by atoms with Gasteiger partial charge in [0.25, 0.3) is 0 Å². The SMILES string of the molecule is COC(=O)CCCOc1ccc(OC)cc1CO. The smallest absolute Gasteiger partial charge is 0.305 e. The summed E-state index contributed by atoms with van der Waals surface area (Å²) < 4.78 is 15.1. The molecule has 0 saturated carbocycles. The molecule has 0 radical (unpaired) electrons. The summed E-state index contributed by atoms with van der Waals surface area (Å²) in [5, 5.41) is 9.21. The van der Waals surface area contributed by atoms with Crippen LogP contribution in [0, 0.1) is 0 Å². The lowest BCUT2D eigenvalue weighted by Gasteiger charge is -2.11. The monoisotopic (exact) mass is 254 g/mol. The van der Waals surface area contributed by atoms with Crippen molar-refractivity contribution in [3.05, 3.63) is 23.8 Å². The maximum Gasteiger partial charge on any atom is 0.305 e. The Bertz CT molecular complexity index is 389. The van der Waals surface area contributed by atoms with Gasteiger partial charge in [0.05, 0.1) is 27.4 Å². The first kappa shape index (κ1) is 14.3. The minimum Gasteiger partial charge on any atom is -0.497 e. The number of carbonyl (C=O) groups excluding carboxylic acids is 1. The molecule has 5 nitrogen and oxygen atoms in total. The van der Waals surface area contributed by atoms with Crippen LogP contribution < -0.4 is 9.47 Å². The average Bonchev–Trinajstić information content (AvgIpc) is 2.43. The Morgan fingerprint density at radius 3 is 2.72 bits per heavy atom. The van der Waals surface area contributed by atoms with E-state index in [0.717, 1.165) is 0 Å². The van der Waals surface area contributed by atoms with Gasteiger partial charge >= 0.3 is 5.97 Å². The Kier molecular flexibility index (Phi) is 6.00. The Morgan fingerprint density at radius 2 is 2.11 bits per heavy atom. The minimum absolute atomic E-state index is 0.121. The van der Waals surface area contributed by atoms with Crippen LogP contribution >= 0.6 is 0 Å². The van der Waals surface area contributed by atoms with Crippen molar-refractivity contribution in [1.29, 1.82) is 0 Å². The number of rotatable bonds is 7. The maximum atomic E-state index is 10.9. The summed E-state index contributed by atoms with van der Waals surface area (Å²) >= 11 is 0. The lowest BCUT2D eigenvalue weighted by molar-refractivity contribution is -0.140. The molecule has 0 aromatic heterocycles. The van der Waals surface area contributed by atoms with Crippen molar-refractivity contribution in [3.8, 4) is 11.5 Å². The molecular formula is C13H18O5. The van der Waals surface area contributed by atoms with Gasteiger partial charge in [-0.05, 0) is 24.6 Å². The zero-order valence-electron chi connectivity index (χ0n) is 10.6. The summed E-state index contributed by atoms with van der Waals surface area (Å²) in [4.78, 5) is 10.9. The van der Waals surface area contributed by atoms with Gasteiger partial charge in [-0.3, -0.25) is 4.79 Å². The van der Waals surface area contributed by atoms with Gasteiger partial charge in [-0.15, -0.1) is 0 Å². The number of hydrogen-bond donors (Lipinski definition) is 1. The maximum absolute atomic E-state index is 10.9. The number of benzene rings is 1. The van der Waals surface area contributed by atoms with E-state index in [0.29, 0.717) is 36.5 Å². The van der Waals surface area contributed by atoms with Gasteiger partial charge in [0.1, 0.15) is 11.5 Å². The molecule has 18 heavy (non-hydrogen) atoms. The normalized spacial score (nSPS) is 9.94. The van der Waals surface area contributed by atoms with Gasteiger partial charge in [0.15, 0.2) is 0 Å². The largest absolute Gasteiger partial charge is 0.497 e. The van der Waals surface area contributed by atoms with Crippen LogP contribution in [0.25, 0.3) is 0 Å². The second-order valence-corrected chi connectivity index (χ2v) is 3.66. The highest BCUT2D eigenvalue weighted by Gasteiger charge is 2.06. The molecule has 5 heteroatoms. The molecule has 1 aromatic carbocycles. The summed E-state index contributed by atoms with van der Waals surface area (Å²) in [6, 6.07) is 5.22. The standard InChI is InChI=1S/C13H18O5/c1-16-11-5-6-12(10(8-11)9-14)18-7-3-4-13(15)17-2/h5-6,8,14H,3-4,7,9H2,1-2H3. The molecular weight excluding hydrogens is 236 g/mol. The first-order chi connectivity index (χ1) is 8.71. The average molecular weight is 254 g/mol. The van der Waals surface area contributed by atoms with Crippen molar-refractivity contribution in [3.63, 3.8) is 0 Å². The van der Waals surface area contributed by atoms with Crippen LogP contribution in [0.3, 0.4) is 0 Å². The predicted octanol–water partition coefficient (Wildman–Crippen LogP) is 1.52. The van der Waals surface area contributed by atoms with Crippen molar-refractivity contribution in [2.75, 3.05) is 20.8 Å². The highest BCUT2D eigenvalue weighted by Crippen LogP contribution is 2.24. The van der Waals surface area contributed by atoms with Crippen molar-refractivity contribution < 1.29 is 24.1 Å². The van der Waals surface area contributed by atoms with Gasteiger partial charge < -0.3 is 19.3 Å². The van der Waals surface area contributed by atoms with Crippen molar-refractivity contribution in [2.24, 2.45) is 0 Å².